The number of carbonyl (C=O) groups is 2. The fourth-order valence-electron chi connectivity index (χ4n) is 2.44. The average molecular weight is 520 g/mol. The zero-order chi connectivity index (χ0) is 20.5. The van der Waals surface area contributed by atoms with Gasteiger partial charge in [0.05, 0.1) is 41.6 Å². The monoisotopic (exact) mass is 518 g/mol. The molecule has 0 aliphatic carbocycles. The maximum atomic E-state index is 14.3. The number of esters is 1. The number of β-amino-alcohol motifs (C(OH)–C–C–N with tert-alkyl or cyclic N) is 1. The molecule has 0 fully saturated rings. The van der Waals surface area contributed by atoms with Gasteiger partial charge in [-0.05, 0) is 22.0 Å². The number of nitrogens with zero attached hydrogens (tertiary/aromatic N) is 1. The third-order valence-electron chi connectivity index (χ3n) is 3.66. The minimum Gasteiger partial charge on any atom is -0.466 e. The molecule has 0 atom stereocenters. The molecule has 1 aromatic rings. The highest BCUT2D eigenvalue weighted by molar-refractivity contribution is 9.11. The lowest BCUT2D eigenvalue weighted by atomic mass is 10.1. The molecule has 1 aliphatic rings. The third-order valence-corrected chi connectivity index (χ3v) is 5.08. The first kappa shape index (κ1) is 21.6. The number of anilines is 1. The highest BCUT2D eigenvalue weighted by atomic mass is 79.9. The smallest absolute Gasteiger partial charge is 0.418 e. The number of halogens is 6. The molecule has 1 heterocycles. The molecule has 0 spiro atoms. The predicted molar refractivity (Wildman–Crippen MR) is 93.1 cm³/mol. The third kappa shape index (κ3) is 4.27. The van der Waals surface area contributed by atoms with E-state index in [1.54, 1.807) is 0 Å². The Morgan fingerprint density at radius 1 is 1.41 bits per heavy atom. The standard InChI is InChI=1S/C15H12Br2F4N2O4/c1-27-14(26)6-5-23(2-3-24)13(25)11(6)22-12-8(18)4-7(16)9(10(12)17)15(19,20)21/h4,22,24H,2-3,5H2,1H3. The van der Waals surface area contributed by atoms with Crippen molar-refractivity contribution in [3.8, 4) is 0 Å². The van der Waals surface area contributed by atoms with Crippen LogP contribution < -0.4 is 5.32 Å². The zero-order valence-electron chi connectivity index (χ0n) is 13.6. The molecule has 0 saturated heterocycles. The number of methoxy groups -OCH3 is 1. The van der Waals surface area contributed by atoms with Gasteiger partial charge in [-0.3, -0.25) is 4.79 Å². The summed E-state index contributed by atoms with van der Waals surface area (Å²) in [6.45, 7) is -0.763. The number of benzene rings is 1. The number of rotatable bonds is 5. The van der Waals surface area contributed by atoms with Crippen molar-refractivity contribution < 1.29 is 37.0 Å². The van der Waals surface area contributed by atoms with Crippen molar-refractivity contribution in [1.82, 2.24) is 4.90 Å². The van der Waals surface area contributed by atoms with Crippen molar-refractivity contribution in [2.75, 3.05) is 32.1 Å². The quantitative estimate of drug-likeness (QED) is 0.462. The van der Waals surface area contributed by atoms with Gasteiger partial charge < -0.3 is 20.1 Å². The Labute approximate surface area is 167 Å². The Kier molecular flexibility index (Phi) is 6.53. The predicted octanol–water partition coefficient (Wildman–Crippen LogP) is 3.04. The average Bonchev–Trinajstić information content (AvgIpc) is 2.86. The van der Waals surface area contributed by atoms with Gasteiger partial charge in [0.2, 0.25) is 0 Å². The van der Waals surface area contributed by atoms with E-state index in [1.807, 2.05) is 0 Å². The summed E-state index contributed by atoms with van der Waals surface area (Å²) in [4.78, 5) is 25.4. The number of aliphatic hydroxyl groups excluding tert-OH is 1. The zero-order valence-corrected chi connectivity index (χ0v) is 16.8. The number of hydrogen-bond donors (Lipinski definition) is 2. The van der Waals surface area contributed by atoms with Gasteiger partial charge >= 0.3 is 12.1 Å². The summed E-state index contributed by atoms with van der Waals surface area (Å²) >= 11 is 5.37. The lowest BCUT2D eigenvalue weighted by molar-refractivity contribution is -0.139. The number of hydrogen-bond acceptors (Lipinski definition) is 5. The minimum absolute atomic E-state index is 0.123. The summed E-state index contributed by atoms with van der Waals surface area (Å²) < 4.78 is 57.4. The first-order chi connectivity index (χ1) is 12.5. The molecule has 6 nitrogen and oxygen atoms in total. The minimum atomic E-state index is -4.82. The van der Waals surface area contributed by atoms with E-state index in [4.69, 9.17) is 5.11 Å². The second-order valence-electron chi connectivity index (χ2n) is 5.32. The molecular formula is C15H12Br2F4N2O4. The lowest BCUT2D eigenvalue weighted by Crippen LogP contribution is -2.31. The molecular weight excluding hydrogens is 508 g/mol. The normalized spacial score (nSPS) is 14.8. The van der Waals surface area contributed by atoms with Gasteiger partial charge in [-0.1, -0.05) is 15.9 Å². The molecule has 1 aliphatic heterocycles. The fourth-order valence-corrected chi connectivity index (χ4v) is 4.06. The molecule has 1 amide bonds. The van der Waals surface area contributed by atoms with Crippen LogP contribution >= 0.6 is 31.9 Å². The van der Waals surface area contributed by atoms with Gasteiger partial charge in [-0.25, -0.2) is 9.18 Å². The summed E-state index contributed by atoms with van der Waals surface area (Å²) in [6.07, 6.45) is -4.82. The van der Waals surface area contributed by atoms with Crippen molar-refractivity contribution >= 4 is 49.4 Å². The molecule has 27 heavy (non-hydrogen) atoms. The van der Waals surface area contributed by atoms with Crippen LogP contribution in [-0.2, 0) is 20.5 Å². The second-order valence-corrected chi connectivity index (χ2v) is 6.97. The van der Waals surface area contributed by atoms with E-state index < -0.39 is 56.4 Å². The van der Waals surface area contributed by atoms with E-state index in [-0.39, 0.29) is 18.7 Å². The number of amides is 1. The van der Waals surface area contributed by atoms with E-state index in [2.05, 4.69) is 41.9 Å². The largest absolute Gasteiger partial charge is 0.466 e. The van der Waals surface area contributed by atoms with Crippen LogP contribution in [-0.4, -0.2) is 48.7 Å². The van der Waals surface area contributed by atoms with Crippen LogP contribution in [0.2, 0.25) is 0 Å². The van der Waals surface area contributed by atoms with Crippen LogP contribution in [0.25, 0.3) is 0 Å². The van der Waals surface area contributed by atoms with Crippen molar-refractivity contribution in [2.45, 2.75) is 6.18 Å². The number of nitrogens with one attached hydrogen (secondary N) is 1. The van der Waals surface area contributed by atoms with Crippen LogP contribution in [0.5, 0.6) is 0 Å². The molecule has 0 bridgehead atoms. The van der Waals surface area contributed by atoms with Gasteiger partial charge in [-0.15, -0.1) is 0 Å². The van der Waals surface area contributed by atoms with Gasteiger partial charge in [0.25, 0.3) is 5.91 Å². The Morgan fingerprint density at radius 2 is 2.04 bits per heavy atom. The first-order valence-corrected chi connectivity index (χ1v) is 8.84. The summed E-state index contributed by atoms with van der Waals surface area (Å²) in [5.74, 6) is -2.78. The Hall–Kier alpha value is -1.66. The van der Waals surface area contributed by atoms with E-state index >= 15 is 0 Å². The Morgan fingerprint density at radius 3 is 2.56 bits per heavy atom. The summed E-state index contributed by atoms with van der Waals surface area (Å²) in [6, 6.07) is 0.596. The molecule has 2 rings (SSSR count). The number of carbonyl (C=O) groups excluding carboxylic acids is 2. The van der Waals surface area contributed by atoms with Crippen LogP contribution in [0.15, 0.2) is 26.3 Å². The summed E-state index contributed by atoms with van der Waals surface area (Å²) in [5.41, 5.74) is -2.48. The molecule has 12 heteroatoms. The Balaban J connectivity index is 2.56. The molecule has 0 unspecified atom stereocenters. The van der Waals surface area contributed by atoms with E-state index in [0.29, 0.717) is 6.07 Å². The molecule has 0 aromatic heterocycles. The van der Waals surface area contributed by atoms with Crippen LogP contribution in [0.3, 0.4) is 0 Å². The molecule has 2 N–H and O–H groups in total. The fraction of sp³-hybridized carbons (Fsp3) is 0.333. The van der Waals surface area contributed by atoms with Crippen molar-refractivity contribution in [1.29, 1.82) is 0 Å². The number of aliphatic hydroxyl groups is 1. The maximum absolute atomic E-state index is 14.3. The van der Waals surface area contributed by atoms with Gasteiger partial charge in [0, 0.05) is 11.0 Å². The molecule has 1 aromatic carbocycles. The highest BCUT2D eigenvalue weighted by Crippen LogP contribution is 2.44. The van der Waals surface area contributed by atoms with Crippen LogP contribution in [0.4, 0.5) is 23.2 Å². The summed E-state index contributed by atoms with van der Waals surface area (Å²) in [5, 5.41) is 11.3. The van der Waals surface area contributed by atoms with E-state index in [1.165, 1.54) is 0 Å². The molecule has 0 saturated carbocycles. The van der Waals surface area contributed by atoms with Crippen molar-refractivity contribution in [3.63, 3.8) is 0 Å². The van der Waals surface area contributed by atoms with Gasteiger partial charge in [-0.2, -0.15) is 13.2 Å². The lowest BCUT2D eigenvalue weighted by Gasteiger charge is -2.18. The topological polar surface area (TPSA) is 78.9 Å². The van der Waals surface area contributed by atoms with Crippen molar-refractivity contribution in [3.05, 3.63) is 37.7 Å². The van der Waals surface area contributed by atoms with E-state index in [9.17, 15) is 27.2 Å². The SMILES string of the molecule is COC(=O)C1=C(Nc2c(F)cc(Br)c(C(F)(F)F)c2Br)C(=O)N(CCO)C1. The molecule has 0 radical (unpaired) electrons. The summed E-state index contributed by atoms with van der Waals surface area (Å²) in [7, 11) is 1.06. The number of alkyl halides is 3. The second kappa shape index (κ2) is 8.15. The van der Waals surface area contributed by atoms with E-state index in [0.717, 1.165) is 12.0 Å². The van der Waals surface area contributed by atoms with Crippen LogP contribution in [0, 0.1) is 5.82 Å². The van der Waals surface area contributed by atoms with Gasteiger partial charge in [0.1, 0.15) is 11.5 Å². The first-order valence-electron chi connectivity index (χ1n) is 7.26. The Bertz CT molecular complexity index is 827. The van der Waals surface area contributed by atoms with Crippen LogP contribution in [0.1, 0.15) is 5.56 Å². The maximum Gasteiger partial charge on any atom is 0.418 e. The highest BCUT2D eigenvalue weighted by Gasteiger charge is 2.39. The molecule has 148 valence electrons. The van der Waals surface area contributed by atoms with Crippen molar-refractivity contribution in [2.24, 2.45) is 0 Å². The van der Waals surface area contributed by atoms with Gasteiger partial charge in [0.15, 0.2) is 0 Å². The number of ether oxygens (including phenoxy) is 1.